The van der Waals surface area contributed by atoms with Gasteiger partial charge in [0.1, 0.15) is 23.9 Å². The summed E-state index contributed by atoms with van der Waals surface area (Å²) in [6.45, 7) is 2.43. The first-order chi connectivity index (χ1) is 16.7. The highest BCUT2D eigenvalue weighted by Crippen LogP contribution is 2.12. The number of aromatic hydroxyl groups is 1. The molecule has 6 unspecified atom stereocenters. The summed E-state index contributed by atoms with van der Waals surface area (Å²) in [5.41, 5.74) is 11.3. The van der Waals surface area contributed by atoms with Gasteiger partial charge in [0.25, 0.3) is 0 Å². The standard InChI is InChI=1S/C22H33N5O9/c1-10(28)17(24)21(34)26-15(9-12-3-5-13(30)6-4-12)20(33)25-14(7-8-16(23)31)19(32)27-18(11(2)29)22(35)36/h3-6,10-11,14-15,17-18,28-30H,7-9,24H2,1-2H3,(H2,23,31)(H,25,33)(H,26,34)(H,27,32)(H,35,36). The van der Waals surface area contributed by atoms with Gasteiger partial charge in [-0.15, -0.1) is 0 Å². The van der Waals surface area contributed by atoms with Crippen LogP contribution in [0.2, 0.25) is 0 Å². The number of aliphatic carboxylic acids is 1. The second kappa shape index (κ2) is 14.0. The van der Waals surface area contributed by atoms with Crippen molar-refractivity contribution >= 4 is 29.6 Å². The van der Waals surface area contributed by atoms with E-state index in [1.807, 2.05) is 0 Å². The second-order valence-electron chi connectivity index (χ2n) is 8.33. The number of hydrogen-bond donors (Lipinski definition) is 9. The highest BCUT2D eigenvalue weighted by atomic mass is 16.4. The number of nitrogens with one attached hydrogen (secondary N) is 3. The summed E-state index contributed by atoms with van der Waals surface area (Å²) in [5.74, 6) is -5.10. The molecule has 0 bridgehead atoms. The molecule has 11 N–H and O–H groups in total. The van der Waals surface area contributed by atoms with Crippen LogP contribution in [-0.4, -0.2) is 86.4 Å². The third-order valence-electron chi connectivity index (χ3n) is 5.19. The minimum atomic E-state index is -1.69. The van der Waals surface area contributed by atoms with Gasteiger partial charge < -0.3 is 47.8 Å². The Balaban J connectivity index is 3.17. The van der Waals surface area contributed by atoms with E-state index in [4.69, 9.17) is 11.5 Å². The van der Waals surface area contributed by atoms with Gasteiger partial charge in [-0.25, -0.2) is 4.79 Å². The van der Waals surface area contributed by atoms with Crippen molar-refractivity contribution in [2.45, 2.75) is 69.5 Å². The summed E-state index contributed by atoms with van der Waals surface area (Å²) in [6, 6.07) is -0.115. The number of benzene rings is 1. The second-order valence-corrected chi connectivity index (χ2v) is 8.33. The molecule has 0 radical (unpaired) electrons. The van der Waals surface area contributed by atoms with Gasteiger partial charge >= 0.3 is 5.97 Å². The molecule has 0 saturated carbocycles. The average Bonchev–Trinajstić information content (AvgIpc) is 2.79. The molecule has 0 aliphatic carbocycles. The monoisotopic (exact) mass is 511 g/mol. The van der Waals surface area contributed by atoms with Gasteiger partial charge in [-0.3, -0.25) is 19.2 Å². The van der Waals surface area contributed by atoms with E-state index in [9.17, 15) is 44.4 Å². The number of carboxylic acid groups (broad SMARTS) is 1. The number of rotatable bonds is 14. The number of hydrogen-bond acceptors (Lipinski definition) is 9. The SMILES string of the molecule is CC(O)C(N)C(=O)NC(Cc1ccc(O)cc1)C(=O)NC(CCC(N)=O)C(=O)NC(C(=O)O)C(C)O. The number of amides is 4. The minimum absolute atomic E-state index is 0.0332. The predicted molar refractivity (Wildman–Crippen MR) is 125 cm³/mol. The third kappa shape index (κ3) is 9.85. The Morgan fingerprint density at radius 1 is 0.861 bits per heavy atom. The van der Waals surface area contributed by atoms with Crippen LogP contribution in [0.1, 0.15) is 32.3 Å². The van der Waals surface area contributed by atoms with Crippen LogP contribution < -0.4 is 27.4 Å². The number of carbonyl (C=O) groups excluding carboxylic acids is 4. The zero-order chi connectivity index (χ0) is 27.6. The number of nitrogens with two attached hydrogens (primary N) is 2. The number of primary amides is 1. The van der Waals surface area contributed by atoms with Gasteiger partial charge in [0, 0.05) is 12.8 Å². The molecule has 0 aromatic heterocycles. The summed E-state index contributed by atoms with van der Waals surface area (Å²) in [7, 11) is 0. The fraction of sp³-hybridized carbons (Fsp3) is 0.500. The van der Waals surface area contributed by atoms with Crippen LogP contribution in [0.5, 0.6) is 5.75 Å². The molecule has 6 atom stereocenters. The van der Waals surface area contributed by atoms with Gasteiger partial charge in [0.15, 0.2) is 6.04 Å². The number of carboxylic acids is 1. The van der Waals surface area contributed by atoms with Crippen LogP contribution in [0.3, 0.4) is 0 Å². The molecule has 1 aromatic rings. The smallest absolute Gasteiger partial charge is 0.328 e. The van der Waals surface area contributed by atoms with Crippen LogP contribution in [0, 0.1) is 0 Å². The largest absolute Gasteiger partial charge is 0.508 e. The molecule has 1 rings (SSSR count). The molecule has 36 heavy (non-hydrogen) atoms. The van der Waals surface area contributed by atoms with E-state index in [1.54, 1.807) is 0 Å². The zero-order valence-corrected chi connectivity index (χ0v) is 19.9. The van der Waals surface area contributed by atoms with E-state index >= 15 is 0 Å². The van der Waals surface area contributed by atoms with Crippen molar-refractivity contribution in [2.75, 3.05) is 0 Å². The Kier molecular flexibility index (Phi) is 11.7. The number of aliphatic hydroxyl groups excluding tert-OH is 2. The fourth-order valence-electron chi connectivity index (χ4n) is 3.03. The van der Waals surface area contributed by atoms with Crippen molar-refractivity contribution in [3.05, 3.63) is 29.8 Å². The molecule has 200 valence electrons. The van der Waals surface area contributed by atoms with Crippen molar-refractivity contribution in [1.29, 1.82) is 0 Å². The van der Waals surface area contributed by atoms with Crippen LogP contribution in [0.15, 0.2) is 24.3 Å². The number of carbonyl (C=O) groups is 5. The third-order valence-corrected chi connectivity index (χ3v) is 5.19. The van der Waals surface area contributed by atoms with Crippen molar-refractivity contribution in [1.82, 2.24) is 16.0 Å². The van der Waals surface area contributed by atoms with Crippen molar-refractivity contribution in [3.63, 3.8) is 0 Å². The van der Waals surface area contributed by atoms with Crippen LogP contribution >= 0.6 is 0 Å². The van der Waals surface area contributed by atoms with Crippen LogP contribution in [-0.2, 0) is 30.4 Å². The maximum absolute atomic E-state index is 13.1. The van der Waals surface area contributed by atoms with Crippen molar-refractivity contribution in [3.8, 4) is 5.75 Å². The van der Waals surface area contributed by atoms with E-state index < -0.39 is 66.0 Å². The van der Waals surface area contributed by atoms with E-state index in [2.05, 4.69) is 16.0 Å². The number of aliphatic hydroxyl groups is 2. The molecule has 0 aliphatic rings. The Morgan fingerprint density at radius 3 is 1.86 bits per heavy atom. The molecule has 0 saturated heterocycles. The number of phenolic OH excluding ortho intramolecular Hbond substituents is 1. The maximum Gasteiger partial charge on any atom is 0.328 e. The summed E-state index contributed by atoms with van der Waals surface area (Å²) in [6.07, 6.45) is -3.45. The van der Waals surface area contributed by atoms with Gasteiger partial charge in [0.2, 0.25) is 23.6 Å². The lowest BCUT2D eigenvalue weighted by Crippen LogP contribution is -2.59. The average molecular weight is 512 g/mol. The van der Waals surface area contributed by atoms with E-state index in [0.717, 1.165) is 6.92 Å². The molecular formula is C22H33N5O9. The summed E-state index contributed by atoms with van der Waals surface area (Å²) >= 11 is 0. The first kappa shape index (κ1) is 30.3. The summed E-state index contributed by atoms with van der Waals surface area (Å²) in [5, 5.41) is 44.8. The molecule has 4 amide bonds. The molecule has 14 nitrogen and oxygen atoms in total. The first-order valence-electron chi connectivity index (χ1n) is 11.0. The molecule has 0 heterocycles. The lowest BCUT2D eigenvalue weighted by Gasteiger charge is -2.26. The zero-order valence-electron chi connectivity index (χ0n) is 19.9. The molecule has 14 heteroatoms. The highest BCUT2D eigenvalue weighted by molar-refractivity contribution is 5.94. The van der Waals surface area contributed by atoms with Gasteiger partial charge in [-0.1, -0.05) is 12.1 Å². The molecule has 0 spiro atoms. The Labute approximate surface area is 207 Å². The minimum Gasteiger partial charge on any atom is -0.508 e. The fourth-order valence-corrected chi connectivity index (χ4v) is 3.03. The normalized spacial score (nSPS) is 15.9. The highest BCUT2D eigenvalue weighted by Gasteiger charge is 2.32. The van der Waals surface area contributed by atoms with E-state index in [0.29, 0.717) is 5.56 Å². The molecule has 0 aliphatic heterocycles. The first-order valence-corrected chi connectivity index (χ1v) is 11.0. The van der Waals surface area contributed by atoms with E-state index in [-0.39, 0.29) is 25.0 Å². The maximum atomic E-state index is 13.1. The summed E-state index contributed by atoms with van der Waals surface area (Å²) < 4.78 is 0. The number of phenols is 1. The summed E-state index contributed by atoms with van der Waals surface area (Å²) in [4.78, 5) is 60.9. The lowest BCUT2D eigenvalue weighted by molar-refractivity contribution is -0.145. The quantitative estimate of drug-likeness (QED) is 0.121. The topological polar surface area (TPSA) is 254 Å². The Hall–Kier alpha value is -3.75. The molecular weight excluding hydrogens is 478 g/mol. The van der Waals surface area contributed by atoms with Crippen LogP contribution in [0.25, 0.3) is 0 Å². The Morgan fingerprint density at radius 2 is 1.39 bits per heavy atom. The lowest BCUT2D eigenvalue weighted by atomic mass is 10.0. The molecule has 0 fully saturated rings. The van der Waals surface area contributed by atoms with Gasteiger partial charge in [-0.05, 0) is 38.0 Å². The van der Waals surface area contributed by atoms with Crippen molar-refractivity contribution < 1.29 is 44.4 Å². The van der Waals surface area contributed by atoms with E-state index in [1.165, 1.54) is 31.2 Å². The van der Waals surface area contributed by atoms with Crippen LogP contribution in [0.4, 0.5) is 0 Å². The van der Waals surface area contributed by atoms with Gasteiger partial charge in [0.05, 0.1) is 12.2 Å². The Bertz CT molecular complexity index is 936. The molecule has 1 aromatic carbocycles. The predicted octanol–water partition coefficient (Wildman–Crippen LogP) is -3.17. The van der Waals surface area contributed by atoms with Crippen molar-refractivity contribution in [2.24, 2.45) is 11.5 Å². The van der Waals surface area contributed by atoms with Gasteiger partial charge in [-0.2, -0.15) is 0 Å².